The van der Waals surface area contributed by atoms with Gasteiger partial charge in [0.05, 0.1) is 2.74 Å². The van der Waals surface area contributed by atoms with Crippen LogP contribution in [0.3, 0.4) is 0 Å². The van der Waals surface area contributed by atoms with Gasteiger partial charge in [-0.3, -0.25) is 0 Å². The van der Waals surface area contributed by atoms with Crippen LogP contribution in [0.4, 0.5) is 0 Å². The fraction of sp³-hybridized carbons (Fsp3) is 0.111. The minimum atomic E-state index is 0.0856. The molecule has 0 aliphatic heterocycles. The molecule has 0 radical (unpaired) electrons. The molecule has 0 bridgehead atoms. The van der Waals surface area contributed by atoms with E-state index in [-0.39, 0.29) is 13.1 Å². The molecule has 1 heteroatoms. The topological polar surface area (TPSA) is 15.8 Å². The van der Waals surface area contributed by atoms with Gasteiger partial charge in [0.15, 0.2) is 0 Å². The summed E-state index contributed by atoms with van der Waals surface area (Å²) in [5.74, 6) is 0. The molecular formula is C9H9N. The molecule has 2 rings (SSSR count). The number of nitrogens with one attached hydrogen (secondary N) is 1. The average molecular weight is 134 g/mol. The van der Waals surface area contributed by atoms with Crippen LogP contribution in [0.25, 0.3) is 10.9 Å². The second-order valence-electron chi connectivity index (χ2n) is 2.19. The Kier molecular flexibility index (Phi) is 0.607. The van der Waals surface area contributed by atoms with Crippen LogP contribution in [0.15, 0.2) is 30.4 Å². The van der Waals surface area contributed by atoms with E-state index < -0.39 is 0 Å². The zero-order valence-electron chi connectivity index (χ0n) is 8.44. The van der Waals surface area contributed by atoms with Gasteiger partial charge < -0.3 is 4.98 Å². The van der Waals surface area contributed by atoms with Gasteiger partial charge in [-0.1, -0.05) is 18.2 Å². The highest BCUT2D eigenvalue weighted by Crippen LogP contribution is 2.15. The van der Waals surface area contributed by atoms with Crippen molar-refractivity contribution in [2.24, 2.45) is 0 Å². The van der Waals surface area contributed by atoms with Gasteiger partial charge in [0.25, 0.3) is 0 Å². The van der Waals surface area contributed by atoms with Crippen molar-refractivity contribution in [1.29, 1.82) is 0 Å². The number of H-pyrrole nitrogens is 1. The smallest absolute Gasteiger partial charge is 0.0819 e. The first-order chi connectivity index (χ1) is 6.24. The molecule has 1 aromatic carbocycles. The summed E-state index contributed by atoms with van der Waals surface area (Å²) in [6, 6.07) is 5.67. The van der Waals surface area contributed by atoms with Gasteiger partial charge in [-0.2, -0.15) is 0 Å². The summed E-state index contributed by atoms with van der Waals surface area (Å²) in [4.78, 5) is 2.81. The number of benzene rings is 1. The third-order valence-corrected chi connectivity index (χ3v) is 1.52. The van der Waals surface area contributed by atoms with Crippen LogP contribution < -0.4 is 0 Å². The van der Waals surface area contributed by atoms with Crippen molar-refractivity contribution in [3.8, 4) is 0 Å². The van der Waals surface area contributed by atoms with Crippen LogP contribution in [0, 0.1) is 6.90 Å². The molecule has 0 spiro atoms. The zero-order valence-corrected chi connectivity index (χ0v) is 5.44. The van der Waals surface area contributed by atoms with Crippen molar-refractivity contribution in [1.82, 2.24) is 4.98 Å². The lowest BCUT2D eigenvalue weighted by Crippen LogP contribution is -1.64. The number of fused-ring (bicyclic) bond motifs is 1. The van der Waals surface area contributed by atoms with Crippen molar-refractivity contribution in [2.45, 2.75) is 6.90 Å². The number of hydrogen-bond acceptors (Lipinski definition) is 0. The predicted octanol–water partition coefficient (Wildman–Crippen LogP) is 2.48. The average Bonchev–Trinajstić information content (AvgIpc) is 2.43. The van der Waals surface area contributed by atoms with E-state index in [0.717, 1.165) is 5.39 Å². The molecule has 0 atom stereocenters. The minimum Gasteiger partial charge on any atom is -0.361 e. The van der Waals surface area contributed by atoms with Gasteiger partial charge in [0, 0.05) is 18.4 Å². The Morgan fingerprint density at radius 1 is 1.60 bits per heavy atom. The maximum absolute atomic E-state index is 7.57. The van der Waals surface area contributed by atoms with Crippen LogP contribution >= 0.6 is 0 Å². The third-order valence-electron chi connectivity index (χ3n) is 1.52. The van der Waals surface area contributed by atoms with Gasteiger partial charge in [0.2, 0.25) is 0 Å². The highest BCUT2D eigenvalue weighted by atomic mass is 14.7. The molecule has 0 aliphatic carbocycles. The van der Waals surface area contributed by atoms with Crippen molar-refractivity contribution < 1.29 is 4.11 Å². The van der Waals surface area contributed by atoms with Gasteiger partial charge in [-0.15, -0.1) is 0 Å². The van der Waals surface area contributed by atoms with E-state index in [1.165, 1.54) is 0 Å². The molecule has 0 aliphatic rings. The number of aromatic nitrogens is 1. The van der Waals surface area contributed by atoms with Crippen LogP contribution in [-0.2, 0) is 0 Å². The molecule has 10 heavy (non-hydrogen) atoms. The second-order valence-corrected chi connectivity index (χ2v) is 2.19. The Balaban J connectivity index is 2.86. The summed E-state index contributed by atoms with van der Waals surface area (Å²) in [5.41, 5.74) is 1.33. The zero-order chi connectivity index (χ0) is 9.42. The Bertz CT molecular complexity index is 447. The fourth-order valence-corrected chi connectivity index (χ4v) is 0.997. The Morgan fingerprint density at radius 2 is 2.60 bits per heavy atom. The number of hydrogen-bond donors (Lipinski definition) is 1. The fourth-order valence-electron chi connectivity index (χ4n) is 0.997. The largest absolute Gasteiger partial charge is 0.361 e. The second kappa shape index (κ2) is 1.87. The predicted molar refractivity (Wildman–Crippen MR) is 43.0 cm³/mol. The number of para-hydroxylation sites is 1. The Hall–Kier alpha value is -1.24. The SMILES string of the molecule is [2H]Cc1c([2H])[nH]c2c([2H])cccc12. The summed E-state index contributed by atoms with van der Waals surface area (Å²) in [6.07, 6.45) is 0.254. The van der Waals surface area contributed by atoms with Crippen LogP contribution in [0.2, 0.25) is 0 Å². The molecule has 2 aromatic rings. The summed E-state index contributed by atoms with van der Waals surface area (Å²) in [5, 5.41) is 0.826. The number of aromatic amines is 1. The lowest BCUT2D eigenvalue weighted by molar-refractivity contribution is 1.43. The van der Waals surface area contributed by atoms with Crippen LogP contribution in [0.5, 0.6) is 0 Å². The first-order valence-corrected chi connectivity index (χ1v) is 3.10. The Morgan fingerprint density at radius 3 is 3.50 bits per heavy atom. The molecule has 0 unspecified atom stereocenters. The first kappa shape index (κ1) is 3.24. The van der Waals surface area contributed by atoms with Crippen molar-refractivity contribution in [2.75, 3.05) is 0 Å². The molecular weight excluding hydrogens is 122 g/mol. The molecule has 50 valence electrons. The van der Waals surface area contributed by atoms with E-state index >= 15 is 0 Å². The van der Waals surface area contributed by atoms with E-state index in [0.29, 0.717) is 17.1 Å². The quantitative estimate of drug-likeness (QED) is 0.569. The minimum absolute atomic E-state index is 0.0856. The van der Waals surface area contributed by atoms with E-state index in [1.807, 2.05) is 6.07 Å². The van der Waals surface area contributed by atoms with E-state index in [9.17, 15) is 0 Å². The van der Waals surface area contributed by atoms with E-state index in [2.05, 4.69) is 4.98 Å². The molecule has 0 amide bonds. The molecule has 1 N–H and O–H groups in total. The normalized spacial score (nSPS) is 14.6. The molecule has 0 saturated carbocycles. The van der Waals surface area contributed by atoms with Crippen molar-refractivity contribution in [3.05, 3.63) is 36.0 Å². The number of rotatable bonds is 0. The summed E-state index contributed by atoms with van der Waals surface area (Å²) >= 11 is 0. The van der Waals surface area contributed by atoms with Crippen LogP contribution in [-0.4, -0.2) is 4.98 Å². The molecule has 0 saturated heterocycles. The maximum Gasteiger partial charge on any atom is 0.0819 e. The van der Waals surface area contributed by atoms with E-state index in [1.54, 1.807) is 12.1 Å². The van der Waals surface area contributed by atoms with Gasteiger partial charge >= 0.3 is 0 Å². The summed E-state index contributed by atoms with van der Waals surface area (Å²) in [6.45, 7) is 0.0856. The highest BCUT2D eigenvalue weighted by molar-refractivity contribution is 5.82. The van der Waals surface area contributed by atoms with Gasteiger partial charge in [0.1, 0.15) is 0 Å². The van der Waals surface area contributed by atoms with Crippen molar-refractivity contribution >= 4 is 10.9 Å². The lowest BCUT2D eigenvalue weighted by Gasteiger charge is -1.86. The number of aryl methyl sites for hydroxylation is 1. The van der Waals surface area contributed by atoms with Crippen molar-refractivity contribution in [3.63, 3.8) is 0 Å². The molecule has 1 nitrogen and oxygen atoms in total. The monoisotopic (exact) mass is 134 g/mol. The van der Waals surface area contributed by atoms with E-state index in [4.69, 9.17) is 4.11 Å². The summed E-state index contributed by atoms with van der Waals surface area (Å²) < 4.78 is 22.4. The highest BCUT2D eigenvalue weighted by Gasteiger charge is 1.94. The van der Waals surface area contributed by atoms with Gasteiger partial charge in [-0.25, -0.2) is 0 Å². The summed E-state index contributed by atoms with van der Waals surface area (Å²) in [7, 11) is 0. The van der Waals surface area contributed by atoms with Crippen LogP contribution in [0.1, 0.15) is 9.68 Å². The standard InChI is InChI=1S/C9H9N/c1-7-6-10-9-5-3-2-4-8(7)9/h2-6,10H,1H3/i1D,5D,6D. The maximum atomic E-state index is 7.57. The first-order valence-electron chi connectivity index (χ1n) is 4.80. The molecule has 0 fully saturated rings. The van der Waals surface area contributed by atoms with Gasteiger partial charge in [-0.05, 0) is 18.5 Å². The lowest BCUT2D eigenvalue weighted by atomic mass is 10.2. The third kappa shape index (κ3) is 0.637. The molecule has 1 aromatic heterocycles. The molecule has 1 heterocycles. The Labute approximate surface area is 63.9 Å².